The van der Waals surface area contributed by atoms with Gasteiger partial charge in [0.15, 0.2) is 0 Å². The van der Waals surface area contributed by atoms with Crippen molar-refractivity contribution in [3.8, 4) is 0 Å². The number of ether oxygens (including phenoxy) is 1. The van der Waals surface area contributed by atoms with Crippen LogP contribution >= 0.6 is 11.8 Å². The lowest BCUT2D eigenvalue weighted by atomic mass is 10.1. The Morgan fingerprint density at radius 2 is 1.83 bits per heavy atom. The zero-order chi connectivity index (χ0) is 17.3. The van der Waals surface area contributed by atoms with Gasteiger partial charge in [-0.15, -0.1) is 11.8 Å². The second-order valence-corrected chi connectivity index (χ2v) is 6.77. The summed E-state index contributed by atoms with van der Waals surface area (Å²) in [5.41, 5.74) is 0.633. The second-order valence-electron chi connectivity index (χ2n) is 5.46. The maximum atomic E-state index is 12.5. The van der Waals surface area contributed by atoms with Gasteiger partial charge in [-0.2, -0.15) is 0 Å². The van der Waals surface area contributed by atoms with Gasteiger partial charge < -0.3 is 9.64 Å². The van der Waals surface area contributed by atoms with E-state index in [4.69, 9.17) is 4.74 Å². The van der Waals surface area contributed by atoms with Crippen molar-refractivity contribution in [2.45, 2.75) is 5.25 Å². The van der Waals surface area contributed by atoms with E-state index in [0.29, 0.717) is 23.4 Å². The number of amides is 3. The van der Waals surface area contributed by atoms with Crippen molar-refractivity contribution < 1.29 is 23.9 Å². The van der Waals surface area contributed by atoms with E-state index in [9.17, 15) is 19.2 Å². The van der Waals surface area contributed by atoms with Gasteiger partial charge in [0.1, 0.15) is 11.8 Å². The van der Waals surface area contributed by atoms with Crippen molar-refractivity contribution in [1.29, 1.82) is 0 Å². The standard InChI is InChI=1S/C16H16N2O5S/c1-23-16(22)12-8-17(6-7-24-12)13(19)9-18-14(20)10-4-2-3-5-11(10)15(18)21/h2-5,12H,6-9H2,1H3/t12-/m1/s1. The van der Waals surface area contributed by atoms with E-state index in [1.165, 1.54) is 23.8 Å². The van der Waals surface area contributed by atoms with Crippen molar-refractivity contribution in [2.24, 2.45) is 0 Å². The largest absolute Gasteiger partial charge is 0.468 e. The molecule has 1 fully saturated rings. The number of thioether (sulfide) groups is 1. The van der Waals surface area contributed by atoms with Gasteiger partial charge in [-0.1, -0.05) is 12.1 Å². The average molecular weight is 348 g/mol. The first-order valence-corrected chi connectivity index (χ1v) is 8.50. The van der Waals surface area contributed by atoms with Gasteiger partial charge in [-0.25, -0.2) is 0 Å². The van der Waals surface area contributed by atoms with Crippen molar-refractivity contribution in [2.75, 3.05) is 32.5 Å². The van der Waals surface area contributed by atoms with E-state index < -0.39 is 17.1 Å². The Hall–Kier alpha value is -2.35. The molecule has 1 aromatic rings. The molecule has 0 aliphatic carbocycles. The Morgan fingerprint density at radius 1 is 1.21 bits per heavy atom. The Labute approximate surface area is 142 Å². The normalized spacial score (nSPS) is 20.1. The Kier molecular flexibility index (Phi) is 4.57. The first-order valence-electron chi connectivity index (χ1n) is 7.45. The summed E-state index contributed by atoms with van der Waals surface area (Å²) in [6.45, 7) is 0.379. The molecule has 8 heteroatoms. The van der Waals surface area contributed by atoms with E-state index in [-0.39, 0.29) is 25.0 Å². The van der Waals surface area contributed by atoms with Crippen LogP contribution in [0.3, 0.4) is 0 Å². The highest BCUT2D eigenvalue weighted by Crippen LogP contribution is 2.24. The molecule has 0 aromatic heterocycles. The molecule has 7 nitrogen and oxygen atoms in total. The number of benzene rings is 1. The van der Waals surface area contributed by atoms with E-state index >= 15 is 0 Å². The van der Waals surface area contributed by atoms with Crippen LogP contribution in [0.2, 0.25) is 0 Å². The Balaban J connectivity index is 1.68. The lowest BCUT2D eigenvalue weighted by Gasteiger charge is -2.31. The molecule has 1 atom stereocenters. The summed E-state index contributed by atoms with van der Waals surface area (Å²) in [5, 5.41) is -0.435. The number of nitrogens with zero attached hydrogens (tertiary/aromatic N) is 2. The summed E-state index contributed by atoms with van der Waals surface area (Å²) in [4.78, 5) is 51.2. The molecule has 2 heterocycles. The molecule has 24 heavy (non-hydrogen) atoms. The quantitative estimate of drug-likeness (QED) is 0.581. The summed E-state index contributed by atoms with van der Waals surface area (Å²) in [6.07, 6.45) is 0. The van der Waals surface area contributed by atoms with E-state index in [1.54, 1.807) is 24.3 Å². The number of rotatable bonds is 3. The highest BCUT2D eigenvalue weighted by molar-refractivity contribution is 8.00. The molecular weight excluding hydrogens is 332 g/mol. The van der Waals surface area contributed by atoms with Crippen molar-refractivity contribution >= 4 is 35.5 Å². The number of imide groups is 1. The van der Waals surface area contributed by atoms with E-state index in [2.05, 4.69) is 0 Å². The van der Waals surface area contributed by atoms with Crippen LogP contribution in [0.25, 0.3) is 0 Å². The number of methoxy groups -OCH3 is 1. The van der Waals surface area contributed by atoms with Gasteiger partial charge in [-0.05, 0) is 12.1 Å². The molecule has 0 radical (unpaired) electrons. The molecule has 2 aliphatic rings. The summed E-state index contributed by atoms with van der Waals surface area (Å²) in [7, 11) is 1.31. The smallest absolute Gasteiger partial charge is 0.320 e. The molecule has 1 saturated heterocycles. The maximum Gasteiger partial charge on any atom is 0.320 e. The fraction of sp³-hybridized carbons (Fsp3) is 0.375. The number of fused-ring (bicyclic) bond motifs is 1. The minimum absolute atomic E-state index is 0.222. The highest BCUT2D eigenvalue weighted by Gasteiger charge is 2.38. The molecule has 0 saturated carbocycles. The molecule has 2 aliphatic heterocycles. The molecule has 126 valence electrons. The molecule has 0 spiro atoms. The second kappa shape index (κ2) is 6.64. The fourth-order valence-corrected chi connectivity index (χ4v) is 3.90. The Bertz CT molecular complexity index is 685. The third kappa shape index (κ3) is 2.89. The molecule has 0 bridgehead atoms. The van der Waals surface area contributed by atoms with Gasteiger partial charge in [0.2, 0.25) is 5.91 Å². The van der Waals surface area contributed by atoms with Crippen molar-refractivity contribution in [3.05, 3.63) is 35.4 Å². The van der Waals surface area contributed by atoms with Crippen LogP contribution in [0.5, 0.6) is 0 Å². The van der Waals surface area contributed by atoms with E-state index in [0.717, 1.165) is 4.90 Å². The van der Waals surface area contributed by atoms with Crippen LogP contribution in [0.15, 0.2) is 24.3 Å². The minimum Gasteiger partial charge on any atom is -0.468 e. The van der Waals surface area contributed by atoms with Crippen LogP contribution in [0.1, 0.15) is 20.7 Å². The zero-order valence-corrected chi connectivity index (χ0v) is 13.9. The maximum absolute atomic E-state index is 12.5. The average Bonchev–Trinajstić information content (AvgIpc) is 2.86. The number of hydrogen-bond donors (Lipinski definition) is 0. The van der Waals surface area contributed by atoms with Crippen LogP contribution in [-0.2, 0) is 14.3 Å². The summed E-state index contributed by atoms with van der Waals surface area (Å²) in [5.74, 6) is -1.04. The fourth-order valence-electron chi connectivity index (χ4n) is 2.77. The predicted molar refractivity (Wildman–Crippen MR) is 86.7 cm³/mol. The third-order valence-electron chi connectivity index (χ3n) is 4.05. The lowest BCUT2D eigenvalue weighted by Crippen LogP contribution is -2.49. The van der Waals surface area contributed by atoms with Crippen LogP contribution in [0.4, 0.5) is 0 Å². The van der Waals surface area contributed by atoms with Gasteiger partial charge >= 0.3 is 5.97 Å². The lowest BCUT2D eigenvalue weighted by molar-refractivity contribution is -0.141. The molecule has 1 aromatic carbocycles. The summed E-state index contributed by atoms with van der Waals surface area (Å²) >= 11 is 1.43. The van der Waals surface area contributed by atoms with Gasteiger partial charge in [0.05, 0.1) is 18.2 Å². The third-order valence-corrected chi connectivity index (χ3v) is 5.22. The van der Waals surface area contributed by atoms with Gasteiger partial charge in [0.25, 0.3) is 11.8 Å². The molecular formula is C16H16N2O5S. The van der Waals surface area contributed by atoms with Gasteiger partial charge in [-0.3, -0.25) is 24.1 Å². The number of esters is 1. The molecule has 0 N–H and O–H groups in total. The topological polar surface area (TPSA) is 84.0 Å². The first kappa shape index (κ1) is 16.5. The van der Waals surface area contributed by atoms with Crippen LogP contribution < -0.4 is 0 Å². The highest BCUT2D eigenvalue weighted by atomic mass is 32.2. The monoisotopic (exact) mass is 348 g/mol. The predicted octanol–water partition coefficient (Wildman–Crippen LogP) is 0.400. The molecule has 3 rings (SSSR count). The SMILES string of the molecule is COC(=O)[C@H]1CN(C(=O)CN2C(=O)c3ccccc3C2=O)CCS1. The number of carbonyl (C=O) groups is 4. The molecule has 3 amide bonds. The first-order chi connectivity index (χ1) is 11.5. The zero-order valence-electron chi connectivity index (χ0n) is 13.1. The summed E-state index contributed by atoms with van der Waals surface area (Å²) < 4.78 is 4.71. The minimum atomic E-state index is -0.458. The van der Waals surface area contributed by atoms with Crippen molar-refractivity contribution in [3.63, 3.8) is 0 Å². The van der Waals surface area contributed by atoms with E-state index in [1.807, 2.05) is 0 Å². The van der Waals surface area contributed by atoms with Crippen molar-refractivity contribution in [1.82, 2.24) is 9.80 Å². The number of carbonyl (C=O) groups excluding carboxylic acids is 4. The molecule has 0 unspecified atom stereocenters. The van der Waals surface area contributed by atoms with Crippen LogP contribution in [0, 0.1) is 0 Å². The van der Waals surface area contributed by atoms with Gasteiger partial charge in [0, 0.05) is 18.8 Å². The van der Waals surface area contributed by atoms with Crippen LogP contribution in [-0.4, -0.2) is 71.2 Å². The number of hydrogen-bond acceptors (Lipinski definition) is 6. The summed E-state index contributed by atoms with van der Waals surface area (Å²) in [6, 6.07) is 6.51. The Morgan fingerprint density at radius 3 is 2.42 bits per heavy atom.